The van der Waals surface area contributed by atoms with E-state index in [1.54, 1.807) is 6.07 Å². The average molecular weight is 246 g/mol. The predicted octanol–water partition coefficient (Wildman–Crippen LogP) is 3.01. The Balaban J connectivity index is 0.00000225. The number of unbranched alkanes of at least 4 members (excludes halogenated alkanes) is 1. The van der Waals surface area contributed by atoms with Crippen molar-refractivity contribution in [2.45, 2.75) is 32.2 Å². The van der Waals surface area contributed by atoms with Crippen molar-refractivity contribution in [3.8, 4) is 11.5 Å². The van der Waals surface area contributed by atoms with E-state index < -0.39 is 0 Å². The van der Waals surface area contributed by atoms with E-state index >= 15 is 0 Å². The number of aromatic hydroxyl groups is 1. The lowest BCUT2D eigenvalue weighted by molar-refractivity contribution is 0.367. The number of para-hydroxylation sites is 1. The number of rotatable bonds is 5. The number of phenolic OH excluding ortho intramolecular Hbond substituents is 1. The highest BCUT2D eigenvalue weighted by Crippen LogP contribution is 2.33. The van der Waals surface area contributed by atoms with E-state index in [0.29, 0.717) is 5.75 Å². The summed E-state index contributed by atoms with van der Waals surface area (Å²) in [6.07, 6.45) is 3.06. The molecule has 0 heterocycles. The summed E-state index contributed by atoms with van der Waals surface area (Å²) in [5.74, 6) is 0.656. The number of methoxy groups -OCH3 is 1. The van der Waals surface area contributed by atoms with Gasteiger partial charge in [-0.15, -0.1) is 12.4 Å². The summed E-state index contributed by atoms with van der Waals surface area (Å²) in [5.41, 5.74) is 6.76. The summed E-state index contributed by atoms with van der Waals surface area (Å²) < 4.78 is 5.03. The predicted molar refractivity (Wildman–Crippen MR) is 68.4 cm³/mol. The molecule has 4 heteroatoms. The van der Waals surface area contributed by atoms with E-state index in [-0.39, 0.29) is 24.2 Å². The zero-order valence-corrected chi connectivity index (χ0v) is 10.6. The van der Waals surface area contributed by atoms with Crippen molar-refractivity contribution < 1.29 is 9.84 Å². The molecule has 0 unspecified atom stereocenters. The first kappa shape index (κ1) is 15.1. The third-order valence-corrected chi connectivity index (χ3v) is 2.52. The molecule has 0 aromatic heterocycles. The Hall–Kier alpha value is -0.930. The molecule has 0 spiro atoms. The van der Waals surface area contributed by atoms with E-state index in [0.717, 1.165) is 24.8 Å². The fourth-order valence-corrected chi connectivity index (χ4v) is 1.58. The lowest BCUT2D eigenvalue weighted by Gasteiger charge is -2.14. The van der Waals surface area contributed by atoms with Crippen LogP contribution in [0.4, 0.5) is 0 Å². The zero-order valence-electron chi connectivity index (χ0n) is 9.77. The number of halogens is 1. The second-order valence-electron chi connectivity index (χ2n) is 3.65. The van der Waals surface area contributed by atoms with Gasteiger partial charge in [-0.05, 0) is 12.5 Å². The molecule has 0 radical (unpaired) electrons. The first-order valence-electron chi connectivity index (χ1n) is 5.32. The van der Waals surface area contributed by atoms with Gasteiger partial charge >= 0.3 is 0 Å². The highest BCUT2D eigenvalue weighted by molar-refractivity contribution is 5.85. The molecule has 0 saturated heterocycles. The minimum absolute atomic E-state index is 0. The molecule has 92 valence electrons. The molecule has 1 aromatic carbocycles. The Kier molecular flexibility index (Phi) is 6.93. The Morgan fingerprint density at radius 3 is 2.69 bits per heavy atom. The maximum atomic E-state index is 9.85. The summed E-state index contributed by atoms with van der Waals surface area (Å²) in [7, 11) is 1.54. The van der Waals surface area contributed by atoms with Crippen molar-refractivity contribution in [3.05, 3.63) is 23.8 Å². The van der Waals surface area contributed by atoms with Crippen molar-refractivity contribution in [1.29, 1.82) is 0 Å². The topological polar surface area (TPSA) is 55.5 Å². The van der Waals surface area contributed by atoms with E-state index in [2.05, 4.69) is 6.92 Å². The molecule has 1 rings (SSSR count). The zero-order chi connectivity index (χ0) is 11.3. The minimum Gasteiger partial charge on any atom is -0.504 e. The van der Waals surface area contributed by atoms with Crippen LogP contribution in [0.15, 0.2) is 18.2 Å². The monoisotopic (exact) mass is 245 g/mol. The van der Waals surface area contributed by atoms with Gasteiger partial charge in [-0.25, -0.2) is 0 Å². The van der Waals surface area contributed by atoms with Gasteiger partial charge in [0.15, 0.2) is 11.5 Å². The third-order valence-electron chi connectivity index (χ3n) is 2.52. The van der Waals surface area contributed by atoms with Crippen LogP contribution in [-0.4, -0.2) is 12.2 Å². The molecule has 1 aromatic rings. The quantitative estimate of drug-likeness (QED) is 0.839. The van der Waals surface area contributed by atoms with E-state index in [1.807, 2.05) is 12.1 Å². The highest BCUT2D eigenvalue weighted by atomic mass is 35.5. The van der Waals surface area contributed by atoms with Crippen LogP contribution in [0.5, 0.6) is 11.5 Å². The lowest BCUT2D eigenvalue weighted by atomic mass is 10.0. The van der Waals surface area contributed by atoms with E-state index in [1.165, 1.54) is 7.11 Å². The molecule has 16 heavy (non-hydrogen) atoms. The fourth-order valence-electron chi connectivity index (χ4n) is 1.58. The molecular formula is C12H20ClNO2. The van der Waals surface area contributed by atoms with E-state index in [4.69, 9.17) is 10.5 Å². The number of benzene rings is 1. The van der Waals surface area contributed by atoms with Crippen LogP contribution in [0.25, 0.3) is 0 Å². The van der Waals surface area contributed by atoms with Gasteiger partial charge in [-0.2, -0.15) is 0 Å². The van der Waals surface area contributed by atoms with Gasteiger partial charge in [-0.3, -0.25) is 0 Å². The van der Waals surface area contributed by atoms with Crippen LogP contribution in [0.1, 0.15) is 37.8 Å². The van der Waals surface area contributed by atoms with Gasteiger partial charge in [0.05, 0.1) is 7.11 Å². The maximum Gasteiger partial charge on any atom is 0.162 e. The third kappa shape index (κ3) is 3.58. The largest absolute Gasteiger partial charge is 0.504 e. The molecule has 0 aliphatic heterocycles. The van der Waals surface area contributed by atoms with Crippen molar-refractivity contribution in [3.63, 3.8) is 0 Å². The van der Waals surface area contributed by atoms with Crippen molar-refractivity contribution in [1.82, 2.24) is 0 Å². The molecule has 0 aliphatic rings. The van der Waals surface area contributed by atoms with Gasteiger partial charge in [0.25, 0.3) is 0 Å². The Morgan fingerprint density at radius 2 is 2.12 bits per heavy atom. The number of phenols is 1. The summed E-state index contributed by atoms with van der Waals surface area (Å²) >= 11 is 0. The van der Waals surface area contributed by atoms with Crippen LogP contribution < -0.4 is 10.5 Å². The van der Waals surface area contributed by atoms with Gasteiger partial charge in [0, 0.05) is 11.6 Å². The van der Waals surface area contributed by atoms with Crippen LogP contribution in [0.2, 0.25) is 0 Å². The summed E-state index contributed by atoms with van der Waals surface area (Å²) in [4.78, 5) is 0. The van der Waals surface area contributed by atoms with Gasteiger partial charge in [0.1, 0.15) is 0 Å². The van der Waals surface area contributed by atoms with E-state index in [9.17, 15) is 5.11 Å². The molecule has 1 atom stereocenters. The van der Waals surface area contributed by atoms with Crippen LogP contribution in [0, 0.1) is 0 Å². The molecule has 0 fully saturated rings. The first-order valence-corrected chi connectivity index (χ1v) is 5.32. The Bertz CT molecular complexity index is 318. The average Bonchev–Trinajstić information content (AvgIpc) is 2.26. The number of hydrogen-bond donors (Lipinski definition) is 2. The smallest absolute Gasteiger partial charge is 0.162 e. The maximum absolute atomic E-state index is 9.85. The Morgan fingerprint density at radius 1 is 1.44 bits per heavy atom. The summed E-state index contributed by atoms with van der Waals surface area (Å²) in [6, 6.07) is 5.31. The number of hydrogen-bond acceptors (Lipinski definition) is 3. The van der Waals surface area contributed by atoms with Crippen molar-refractivity contribution >= 4 is 12.4 Å². The normalized spacial score (nSPS) is 11.7. The first-order chi connectivity index (χ1) is 7.20. The molecular weight excluding hydrogens is 226 g/mol. The summed E-state index contributed by atoms with van der Waals surface area (Å²) in [6.45, 7) is 2.12. The highest BCUT2D eigenvalue weighted by Gasteiger charge is 2.13. The molecule has 0 amide bonds. The molecule has 0 bridgehead atoms. The van der Waals surface area contributed by atoms with Gasteiger partial charge in [0.2, 0.25) is 0 Å². The van der Waals surface area contributed by atoms with Crippen LogP contribution in [-0.2, 0) is 0 Å². The van der Waals surface area contributed by atoms with Gasteiger partial charge in [-0.1, -0.05) is 31.9 Å². The van der Waals surface area contributed by atoms with Crippen molar-refractivity contribution in [2.24, 2.45) is 5.73 Å². The van der Waals surface area contributed by atoms with Gasteiger partial charge < -0.3 is 15.6 Å². The minimum atomic E-state index is -0.111. The van der Waals surface area contributed by atoms with Crippen LogP contribution >= 0.6 is 12.4 Å². The molecule has 0 aliphatic carbocycles. The molecule has 0 saturated carbocycles. The molecule has 3 nitrogen and oxygen atoms in total. The van der Waals surface area contributed by atoms with Crippen LogP contribution in [0.3, 0.4) is 0 Å². The SMILES string of the molecule is CCCC[C@H](N)c1cccc(OC)c1O.Cl. The lowest BCUT2D eigenvalue weighted by Crippen LogP contribution is -2.10. The number of nitrogens with two attached hydrogens (primary N) is 1. The second kappa shape index (κ2) is 7.36. The van der Waals surface area contributed by atoms with Crippen molar-refractivity contribution in [2.75, 3.05) is 7.11 Å². The summed E-state index contributed by atoms with van der Waals surface area (Å²) in [5, 5.41) is 9.85. The number of ether oxygens (including phenoxy) is 1. The Labute approximate surface area is 103 Å². The second-order valence-corrected chi connectivity index (χ2v) is 3.65. The molecule has 3 N–H and O–H groups in total. The standard InChI is InChI=1S/C12H19NO2.ClH/c1-3-4-7-10(13)9-6-5-8-11(15-2)12(9)14;/h5-6,8,10,14H,3-4,7,13H2,1-2H3;1H/t10-;/m0./s1. The fraction of sp³-hybridized carbons (Fsp3) is 0.500.